The maximum absolute atomic E-state index is 12.8. The number of hydrogen-bond acceptors (Lipinski definition) is 5. The van der Waals surface area contributed by atoms with E-state index in [-0.39, 0.29) is 24.9 Å². The van der Waals surface area contributed by atoms with Crippen molar-refractivity contribution in [3.05, 3.63) is 48.2 Å². The van der Waals surface area contributed by atoms with Crippen LogP contribution in [0.2, 0.25) is 0 Å². The van der Waals surface area contributed by atoms with E-state index in [4.69, 9.17) is 14.2 Å². The van der Waals surface area contributed by atoms with Crippen molar-refractivity contribution < 1.29 is 32.2 Å². The number of aromatic nitrogens is 1. The Labute approximate surface area is 159 Å². The molecule has 0 bridgehead atoms. The fourth-order valence-corrected chi connectivity index (χ4v) is 2.78. The van der Waals surface area contributed by atoms with Crippen LogP contribution in [0.15, 0.2) is 42.6 Å². The average molecular weight is 396 g/mol. The van der Waals surface area contributed by atoms with E-state index in [0.29, 0.717) is 24.5 Å². The van der Waals surface area contributed by atoms with E-state index in [0.717, 1.165) is 18.3 Å². The molecule has 1 unspecified atom stereocenters. The smallest absolute Gasteiger partial charge is 0.416 e. The van der Waals surface area contributed by atoms with Gasteiger partial charge >= 0.3 is 6.18 Å². The van der Waals surface area contributed by atoms with Crippen LogP contribution in [0, 0.1) is 0 Å². The van der Waals surface area contributed by atoms with Crippen molar-refractivity contribution in [2.45, 2.75) is 18.7 Å². The van der Waals surface area contributed by atoms with Gasteiger partial charge in [-0.2, -0.15) is 13.2 Å². The molecule has 2 heterocycles. The third-order valence-corrected chi connectivity index (χ3v) is 4.27. The first-order chi connectivity index (χ1) is 13.3. The summed E-state index contributed by atoms with van der Waals surface area (Å²) in [7, 11) is 1.56. The fraction of sp³-hybridized carbons (Fsp3) is 0.368. The van der Waals surface area contributed by atoms with Gasteiger partial charge in [-0.1, -0.05) is 0 Å². The van der Waals surface area contributed by atoms with Gasteiger partial charge in [-0.05, 0) is 30.3 Å². The van der Waals surface area contributed by atoms with Gasteiger partial charge in [0.15, 0.2) is 6.61 Å². The molecule has 0 spiro atoms. The maximum Gasteiger partial charge on any atom is 0.416 e. The zero-order chi connectivity index (χ0) is 20.1. The highest BCUT2D eigenvalue weighted by atomic mass is 19.4. The van der Waals surface area contributed by atoms with Crippen LogP contribution >= 0.6 is 0 Å². The number of hydrogen-bond donors (Lipinski definition) is 0. The Balaban J connectivity index is 1.50. The molecular weight excluding hydrogens is 377 g/mol. The second kappa shape index (κ2) is 8.37. The topological polar surface area (TPSA) is 60.9 Å². The molecule has 3 rings (SSSR count). The first-order valence-electron chi connectivity index (χ1n) is 8.59. The molecule has 1 saturated heterocycles. The molecule has 1 aliphatic rings. The Morgan fingerprint density at radius 3 is 2.61 bits per heavy atom. The Kier molecular flexibility index (Phi) is 5.91. The Morgan fingerprint density at radius 2 is 1.93 bits per heavy atom. The van der Waals surface area contributed by atoms with E-state index >= 15 is 0 Å². The molecule has 0 N–H and O–H groups in total. The first-order valence-corrected chi connectivity index (χ1v) is 8.59. The summed E-state index contributed by atoms with van der Waals surface area (Å²) >= 11 is 0. The minimum atomic E-state index is -4.46. The van der Waals surface area contributed by atoms with Crippen LogP contribution in [0.5, 0.6) is 17.4 Å². The number of ether oxygens (including phenoxy) is 3. The van der Waals surface area contributed by atoms with Crippen molar-refractivity contribution in [3.63, 3.8) is 0 Å². The van der Waals surface area contributed by atoms with Gasteiger partial charge in [0, 0.05) is 25.2 Å². The van der Waals surface area contributed by atoms with Gasteiger partial charge in [-0.15, -0.1) is 0 Å². The van der Waals surface area contributed by atoms with Gasteiger partial charge in [0.2, 0.25) is 5.88 Å². The second-order valence-electron chi connectivity index (χ2n) is 6.21. The monoisotopic (exact) mass is 396 g/mol. The third-order valence-electron chi connectivity index (χ3n) is 4.27. The maximum atomic E-state index is 12.8. The predicted octanol–water partition coefficient (Wildman–Crippen LogP) is 3.17. The molecule has 0 aliphatic carbocycles. The molecule has 0 saturated carbocycles. The fourth-order valence-electron chi connectivity index (χ4n) is 2.78. The molecule has 1 aromatic heterocycles. The summed E-state index contributed by atoms with van der Waals surface area (Å²) in [6, 6.07) is 8.58. The van der Waals surface area contributed by atoms with E-state index in [9.17, 15) is 18.0 Å². The molecule has 1 aromatic carbocycles. The van der Waals surface area contributed by atoms with Crippen LogP contribution in [0.4, 0.5) is 13.2 Å². The van der Waals surface area contributed by atoms with Gasteiger partial charge in [0.1, 0.15) is 17.6 Å². The number of carbonyl (C=O) groups excluding carboxylic acids is 1. The average Bonchev–Trinajstić information content (AvgIpc) is 3.14. The van der Waals surface area contributed by atoms with Gasteiger partial charge in [0.05, 0.1) is 19.2 Å². The standard InChI is InChI=1S/C19H19F3N2O4/c1-26-14-2-4-15(5-3-14)27-12-18(25)24-9-7-16(11-24)28-17-10-13(6-8-23-17)19(20,21)22/h2-6,8,10,16H,7,9,11-12H2,1H3. The van der Waals surface area contributed by atoms with E-state index in [1.54, 1.807) is 36.3 Å². The summed E-state index contributed by atoms with van der Waals surface area (Å²) in [6.07, 6.45) is -3.32. The largest absolute Gasteiger partial charge is 0.497 e. The summed E-state index contributed by atoms with van der Waals surface area (Å²) in [5.74, 6) is 0.887. The van der Waals surface area contributed by atoms with Crippen molar-refractivity contribution in [1.82, 2.24) is 9.88 Å². The molecular formula is C19H19F3N2O4. The number of pyridine rings is 1. The molecule has 150 valence electrons. The highest BCUT2D eigenvalue weighted by Crippen LogP contribution is 2.31. The quantitative estimate of drug-likeness (QED) is 0.751. The van der Waals surface area contributed by atoms with Crippen LogP contribution < -0.4 is 14.2 Å². The second-order valence-corrected chi connectivity index (χ2v) is 6.21. The van der Waals surface area contributed by atoms with Crippen LogP contribution in [-0.4, -0.2) is 48.7 Å². The van der Waals surface area contributed by atoms with Gasteiger partial charge in [0.25, 0.3) is 5.91 Å². The molecule has 1 aliphatic heterocycles. The lowest BCUT2D eigenvalue weighted by atomic mass is 10.2. The molecule has 9 heteroatoms. The summed E-state index contributed by atoms with van der Waals surface area (Å²) in [6.45, 7) is 0.567. The highest BCUT2D eigenvalue weighted by molar-refractivity contribution is 5.78. The van der Waals surface area contributed by atoms with Gasteiger partial charge in [-0.3, -0.25) is 4.79 Å². The zero-order valence-electron chi connectivity index (χ0n) is 15.1. The Morgan fingerprint density at radius 1 is 1.21 bits per heavy atom. The van der Waals surface area contributed by atoms with Crippen LogP contribution in [0.3, 0.4) is 0 Å². The number of benzene rings is 1. The molecule has 28 heavy (non-hydrogen) atoms. The SMILES string of the molecule is COc1ccc(OCC(=O)N2CCC(Oc3cc(C(F)(F)F)ccn3)C2)cc1. The minimum Gasteiger partial charge on any atom is -0.497 e. The van der Waals surface area contributed by atoms with Crippen LogP contribution in [-0.2, 0) is 11.0 Å². The number of alkyl halides is 3. The van der Waals surface area contributed by atoms with E-state index in [1.807, 2.05) is 0 Å². The lowest BCUT2D eigenvalue weighted by molar-refractivity contribution is -0.137. The van der Waals surface area contributed by atoms with E-state index in [2.05, 4.69) is 4.98 Å². The number of rotatable bonds is 6. The van der Waals surface area contributed by atoms with Crippen molar-refractivity contribution in [2.24, 2.45) is 0 Å². The number of carbonyl (C=O) groups is 1. The Bertz CT molecular complexity index is 812. The number of likely N-dealkylation sites (tertiary alicyclic amines) is 1. The number of halogens is 3. The number of methoxy groups -OCH3 is 1. The molecule has 2 aromatic rings. The minimum absolute atomic E-state index is 0.108. The summed E-state index contributed by atoms with van der Waals surface area (Å²) < 4.78 is 54.3. The van der Waals surface area contributed by atoms with E-state index in [1.165, 1.54) is 0 Å². The van der Waals surface area contributed by atoms with Gasteiger partial charge < -0.3 is 19.1 Å². The summed E-state index contributed by atoms with van der Waals surface area (Å²) in [5, 5.41) is 0. The third kappa shape index (κ3) is 5.05. The predicted molar refractivity (Wildman–Crippen MR) is 93.3 cm³/mol. The molecule has 0 radical (unpaired) electrons. The van der Waals surface area contributed by atoms with E-state index < -0.39 is 17.8 Å². The highest BCUT2D eigenvalue weighted by Gasteiger charge is 2.32. The lowest BCUT2D eigenvalue weighted by Gasteiger charge is -2.17. The summed E-state index contributed by atoms with van der Waals surface area (Å²) in [5.41, 5.74) is -0.823. The number of amides is 1. The molecule has 6 nitrogen and oxygen atoms in total. The number of nitrogens with zero attached hydrogens (tertiary/aromatic N) is 2. The van der Waals surface area contributed by atoms with Crippen molar-refractivity contribution in [3.8, 4) is 17.4 Å². The van der Waals surface area contributed by atoms with Crippen molar-refractivity contribution in [2.75, 3.05) is 26.8 Å². The molecule has 1 fully saturated rings. The van der Waals surface area contributed by atoms with Crippen molar-refractivity contribution in [1.29, 1.82) is 0 Å². The van der Waals surface area contributed by atoms with Crippen LogP contribution in [0.1, 0.15) is 12.0 Å². The lowest BCUT2D eigenvalue weighted by Crippen LogP contribution is -2.34. The zero-order valence-corrected chi connectivity index (χ0v) is 15.1. The van der Waals surface area contributed by atoms with Gasteiger partial charge in [-0.25, -0.2) is 4.98 Å². The molecule has 1 atom stereocenters. The normalized spacial score (nSPS) is 16.7. The summed E-state index contributed by atoms with van der Waals surface area (Å²) in [4.78, 5) is 17.7. The Hall–Kier alpha value is -2.97. The first kappa shape index (κ1) is 19.8. The molecule has 1 amide bonds. The van der Waals surface area contributed by atoms with Crippen LogP contribution in [0.25, 0.3) is 0 Å². The van der Waals surface area contributed by atoms with Crippen molar-refractivity contribution >= 4 is 5.91 Å².